The van der Waals surface area contributed by atoms with Crippen LogP contribution in [-0.2, 0) is 0 Å². The first-order valence-electron chi connectivity index (χ1n) is 5.44. The third kappa shape index (κ3) is 3.12. The number of methoxy groups -OCH3 is 1. The topological polar surface area (TPSA) is 21.3 Å². The van der Waals surface area contributed by atoms with Crippen LogP contribution in [-0.4, -0.2) is 13.2 Å². The van der Waals surface area contributed by atoms with Gasteiger partial charge in [0, 0.05) is 17.8 Å². The number of nitrogens with one attached hydrogen (secondary N) is 1. The number of ether oxygens (including phenoxy) is 1. The number of hydrogen-bond acceptors (Lipinski definition) is 2. The van der Waals surface area contributed by atoms with Gasteiger partial charge in [-0.3, -0.25) is 0 Å². The number of anilines is 1. The van der Waals surface area contributed by atoms with Gasteiger partial charge < -0.3 is 10.1 Å². The summed E-state index contributed by atoms with van der Waals surface area (Å²) in [6.07, 6.45) is 0. The molecule has 1 rings (SSSR count). The minimum atomic E-state index is -0.339. The van der Waals surface area contributed by atoms with Crippen LogP contribution in [0.4, 0.5) is 10.1 Å². The summed E-state index contributed by atoms with van der Waals surface area (Å²) >= 11 is 0. The third-order valence-electron chi connectivity index (χ3n) is 2.83. The summed E-state index contributed by atoms with van der Waals surface area (Å²) in [5.41, 5.74) is 0.914. The molecule has 0 saturated heterocycles. The summed E-state index contributed by atoms with van der Waals surface area (Å²) < 4.78 is 18.3. The Balaban J connectivity index is 2.79. The summed E-state index contributed by atoms with van der Waals surface area (Å²) in [4.78, 5) is 0. The molecule has 16 heavy (non-hydrogen) atoms. The van der Waals surface area contributed by atoms with Crippen LogP contribution in [0.5, 0.6) is 5.75 Å². The van der Waals surface area contributed by atoms with Crippen molar-refractivity contribution in [2.75, 3.05) is 12.4 Å². The molecule has 0 aliphatic heterocycles. The van der Waals surface area contributed by atoms with Gasteiger partial charge in [0.15, 0.2) is 11.6 Å². The average molecular weight is 225 g/mol. The molecule has 0 aliphatic rings. The highest BCUT2D eigenvalue weighted by atomic mass is 19.1. The highest BCUT2D eigenvalue weighted by Crippen LogP contribution is 2.25. The lowest BCUT2D eigenvalue weighted by molar-refractivity contribution is 0.359. The van der Waals surface area contributed by atoms with E-state index in [-0.39, 0.29) is 23.0 Å². The highest BCUT2D eigenvalue weighted by molar-refractivity contribution is 5.48. The Morgan fingerprint density at radius 3 is 2.38 bits per heavy atom. The van der Waals surface area contributed by atoms with Crippen LogP contribution in [0.15, 0.2) is 18.2 Å². The molecular weight excluding hydrogens is 205 g/mol. The van der Waals surface area contributed by atoms with Gasteiger partial charge in [-0.2, -0.15) is 0 Å². The van der Waals surface area contributed by atoms with E-state index in [9.17, 15) is 4.39 Å². The van der Waals surface area contributed by atoms with Gasteiger partial charge in [-0.25, -0.2) is 4.39 Å². The van der Waals surface area contributed by atoms with Crippen molar-refractivity contribution >= 4 is 5.69 Å². The number of benzene rings is 1. The van der Waals surface area contributed by atoms with Crippen molar-refractivity contribution in [2.24, 2.45) is 5.41 Å². The molecule has 0 aliphatic carbocycles. The fourth-order valence-corrected chi connectivity index (χ4v) is 1.22. The van der Waals surface area contributed by atoms with Crippen molar-refractivity contribution in [1.82, 2.24) is 0 Å². The van der Waals surface area contributed by atoms with Gasteiger partial charge in [-0.05, 0) is 24.5 Å². The summed E-state index contributed by atoms with van der Waals surface area (Å²) in [5.74, 6) is -0.0671. The van der Waals surface area contributed by atoms with Crippen molar-refractivity contribution < 1.29 is 9.13 Å². The zero-order valence-corrected chi connectivity index (χ0v) is 10.6. The number of rotatable bonds is 3. The SMILES string of the molecule is COc1ccc(NC(C)C(C)(C)C)cc1F. The first-order valence-corrected chi connectivity index (χ1v) is 5.44. The van der Waals surface area contributed by atoms with E-state index < -0.39 is 0 Å². The van der Waals surface area contributed by atoms with E-state index >= 15 is 0 Å². The van der Waals surface area contributed by atoms with E-state index in [1.165, 1.54) is 13.2 Å². The summed E-state index contributed by atoms with van der Waals surface area (Å²) in [6, 6.07) is 5.18. The normalized spacial score (nSPS) is 13.4. The molecule has 1 aromatic carbocycles. The van der Waals surface area contributed by atoms with Crippen LogP contribution in [0.1, 0.15) is 27.7 Å². The Kier molecular flexibility index (Phi) is 3.79. The second-order valence-corrected chi connectivity index (χ2v) is 5.08. The molecule has 0 spiro atoms. The van der Waals surface area contributed by atoms with E-state index in [4.69, 9.17) is 4.74 Å². The zero-order chi connectivity index (χ0) is 12.3. The van der Waals surface area contributed by atoms with Crippen LogP contribution in [0.2, 0.25) is 0 Å². The van der Waals surface area contributed by atoms with Crippen molar-refractivity contribution in [1.29, 1.82) is 0 Å². The van der Waals surface area contributed by atoms with E-state index in [1.807, 2.05) is 6.07 Å². The fourth-order valence-electron chi connectivity index (χ4n) is 1.22. The Labute approximate surface area is 96.8 Å². The monoisotopic (exact) mass is 225 g/mol. The molecule has 0 saturated carbocycles. The Bertz CT molecular complexity index is 357. The molecule has 90 valence electrons. The van der Waals surface area contributed by atoms with Gasteiger partial charge in [0.25, 0.3) is 0 Å². The molecule has 0 bridgehead atoms. The van der Waals surface area contributed by atoms with E-state index in [1.54, 1.807) is 6.07 Å². The van der Waals surface area contributed by atoms with Gasteiger partial charge >= 0.3 is 0 Å². The molecule has 0 fully saturated rings. The molecule has 0 heterocycles. The molecule has 2 nitrogen and oxygen atoms in total. The third-order valence-corrected chi connectivity index (χ3v) is 2.83. The van der Waals surface area contributed by atoms with Crippen LogP contribution in [0.3, 0.4) is 0 Å². The van der Waals surface area contributed by atoms with E-state index in [0.717, 1.165) is 5.69 Å². The van der Waals surface area contributed by atoms with E-state index in [2.05, 4.69) is 33.0 Å². The summed E-state index contributed by atoms with van der Waals surface area (Å²) in [7, 11) is 1.46. The number of halogens is 1. The van der Waals surface area contributed by atoms with Gasteiger partial charge in [0.05, 0.1) is 7.11 Å². The molecule has 1 atom stereocenters. The van der Waals surface area contributed by atoms with Gasteiger partial charge in [-0.15, -0.1) is 0 Å². The van der Waals surface area contributed by atoms with Crippen LogP contribution in [0, 0.1) is 11.2 Å². The van der Waals surface area contributed by atoms with Crippen molar-refractivity contribution in [3.05, 3.63) is 24.0 Å². The largest absolute Gasteiger partial charge is 0.494 e. The maximum Gasteiger partial charge on any atom is 0.167 e. The lowest BCUT2D eigenvalue weighted by Crippen LogP contribution is -2.30. The molecule has 3 heteroatoms. The zero-order valence-electron chi connectivity index (χ0n) is 10.6. The minimum Gasteiger partial charge on any atom is -0.494 e. The average Bonchev–Trinajstić information content (AvgIpc) is 2.16. The minimum absolute atomic E-state index is 0.135. The van der Waals surface area contributed by atoms with Gasteiger partial charge in [-0.1, -0.05) is 20.8 Å². The molecule has 0 aromatic heterocycles. The standard InChI is InChI=1S/C13H20FNO/c1-9(13(2,3)4)15-10-6-7-12(16-5)11(14)8-10/h6-9,15H,1-5H3. The molecule has 1 aromatic rings. The van der Waals surface area contributed by atoms with Crippen LogP contribution in [0.25, 0.3) is 0 Å². The predicted molar refractivity (Wildman–Crippen MR) is 65.5 cm³/mol. The highest BCUT2D eigenvalue weighted by Gasteiger charge is 2.19. The smallest absolute Gasteiger partial charge is 0.167 e. The lowest BCUT2D eigenvalue weighted by Gasteiger charge is -2.29. The first-order chi connectivity index (χ1) is 7.34. The van der Waals surface area contributed by atoms with Crippen molar-refractivity contribution in [3.63, 3.8) is 0 Å². The van der Waals surface area contributed by atoms with Crippen LogP contribution >= 0.6 is 0 Å². The molecular formula is C13H20FNO. The van der Waals surface area contributed by atoms with Gasteiger partial charge in [0.1, 0.15) is 0 Å². The summed E-state index contributed by atoms with van der Waals surface area (Å²) in [6.45, 7) is 8.52. The lowest BCUT2D eigenvalue weighted by atomic mass is 9.88. The van der Waals surface area contributed by atoms with Crippen LogP contribution < -0.4 is 10.1 Å². The molecule has 1 N–H and O–H groups in total. The Morgan fingerprint density at radius 1 is 1.31 bits per heavy atom. The Morgan fingerprint density at radius 2 is 1.94 bits per heavy atom. The van der Waals surface area contributed by atoms with Crippen molar-refractivity contribution in [3.8, 4) is 5.75 Å². The van der Waals surface area contributed by atoms with Crippen molar-refractivity contribution in [2.45, 2.75) is 33.7 Å². The van der Waals surface area contributed by atoms with E-state index in [0.29, 0.717) is 0 Å². The fraction of sp³-hybridized carbons (Fsp3) is 0.538. The second kappa shape index (κ2) is 4.73. The quantitative estimate of drug-likeness (QED) is 0.847. The maximum atomic E-state index is 13.4. The first kappa shape index (κ1) is 12.8. The molecule has 0 amide bonds. The second-order valence-electron chi connectivity index (χ2n) is 5.08. The molecule has 1 unspecified atom stereocenters. The summed E-state index contributed by atoms with van der Waals surface area (Å²) in [5, 5.41) is 3.28. The Hall–Kier alpha value is -1.25. The van der Waals surface area contributed by atoms with Gasteiger partial charge in [0.2, 0.25) is 0 Å². The molecule has 0 radical (unpaired) electrons. The number of hydrogen-bond donors (Lipinski definition) is 1. The predicted octanol–water partition coefficient (Wildman–Crippen LogP) is 3.68. The maximum absolute atomic E-state index is 13.4.